The van der Waals surface area contributed by atoms with Crippen molar-refractivity contribution in [2.45, 2.75) is 37.1 Å². The first-order chi connectivity index (χ1) is 13.7. The minimum absolute atomic E-state index is 0.452. The van der Waals surface area contributed by atoms with Crippen LogP contribution in [-0.2, 0) is 15.5 Å². The van der Waals surface area contributed by atoms with E-state index in [1.807, 2.05) is 30.3 Å². The number of rotatable bonds is 8. The Labute approximate surface area is 171 Å². The monoisotopic (exact) mass is 406 g/mol. The summed E-state index contributed by atoms with van der Waals surface area (Å²) in [7, 11) is -0.997. The van der Waals surface area contributed by atoms with Crippen molar-refractivity contribution in [1.29, 1.82) is 0 Å². The van der Waals surface area contributed by atoms with Gasteiger partial charge in [-0.3, -0.25) is 9.20 Å². The SMILES string of the molecule is CCNC(=NCCS(=O)c1ccccc1)NC1CCN(CC2CCOC2)CC1. The van der Waals surface area contributed by atoms with E-state index in [-0.39, 0.29) is 0 Å². The summed E-state index contributed by atoms with van der Waals surface area (Å²) in [5.41, 5.74) is 0. The fraction of sp³-hybridized carbons (Fsp3) is 0.667. The Kier molecular flexibility index (Phi) is 8.76. The Morgan fingerprint density at radius 3 is 2.71 bits per heavy atom. The summed E-state index contributed by atoms with van der Waals surface area (Å²) >= 11 is 0. The number of aliphatic imine (C=N–C) groups is 1. The number of nitrogens with zero attached hydrogens (tertiary/aromatic N) is 2. The molecule has 28 heavy (non-hydrogen) atoms. The molecule has 2 unspecified atom stereocenters. The zero-order chi connectivity index (χ0) is 19.6. The van der Waals surface area contributed by atoms with E-state index in [2.05, 4.69) is 27.4 Å². The first kappa shape index (κ1) is 21.3. The highest BCUT2D eigenvalue weighted by atomic mass is 32.2. The average Bonchev–Trinajstić information content (AvgIpc) is 3.23. The molecule has 2 saturated heterocycles. The van der Waals surface area contributed by atoms with Gasteiger partial charge in [-0.15, -0.1) is 0 Å². The number of likely N-dealkylation sites (tertiary alicyclic amines) is 1. The van der Waals surface area contributed by atoms with Gasteiger partial charge in [0.1, 0.15) is 0 Å². The predicted molar refractivity (Wildman–Crippen MR) is 115 cm³/mol. The van der Waals surface area contributed by atoms with Crippen LogP contribution in [0.5, 0.6) is 0 Å². The highest BCUT2D eigenvalue weighted by Gasteiger charge is 2.24. The molecule has 3 rings (SSSR count). The summed E-state index contributed by atoms with van der Waals surface area (Å²) in [4.78, 5) is 8.09. The van der Waals surface area contributed by atoms with Gasteiger partial charge in [0, 0.05) is 49.5 Å². The van der Waals surface area contributed by atoms with Gasteiger partial charge < -0.3 is 20.3 Å². The van der Waals surface area contributed by atoms with E-state index in [1.165, 1.54) is 13.0 Å². The molecule has 2 atom stereocenters. The van der Waals surface area contributed by atoms with Gasteiger partial charge in [-0.05, 0) is 44.2 Å². The molecule has 0 amide bonds. The Balaban J connectivity index is 1.41. The van der Waals surface area contributed by atoms with E-state index in [4.69, 9.17) is 4.74 Å². The molecular weight excluding hydrogens is 372 g/mol. The Bertz CT molecular complexity index is 627. The largest absolute Gasteiger partial charge is 0.381 e. The molecule has 1 aromatic carbocycles. The minimum Gasteiger partial charge on any atom is -0.381 e. The molecule has 7 heteroatoms. The third kappa shape index (κ3) is 6.87. The van der Waals surface area contributed by atoms with Crippen LogP contribution in [0.3, 0.4) is 0 Å². The van der Waals surface area contributed by atoms with Crippen LogP contribution in [0.1, 0.15) is 26.2 Å². The average molecular weight is 407 g/mol. The Morgan fingerprint density at radius 1 is 1.25 bits per heavy atom. The molecule has 0 bridgehead atoms. The molecule has 6 nitrogen and oxygen atoms in total. The topological polar surface area (TPSA) is 66.0 Å². The normalized spacial score (nSPS) is 22.9. The van der Waals surface area contributed by atoms with E-state index in [1.54, 1.807) is 0 Å². The van der Waals surface area contributed by atoms with Crippen molar-refractivity contribution in [2.24, 2.45) is 10.9 Å². The second kappa shape index (κ2) is 11.5. The first-order valence-corrected chi connectivity index (χ1v) is 11.8. The summed E-state index contributed by atoms with van der Waals surface area (Å²) in [5.74, 6) is 2.10. The van der Waals surface area contributed by atoms with Crippen LogP contribution in [0.25, 0.3) is 0 Å². The lowest BCUT2D eigenvalue weighted by Gasteiger charge is -2.34. The maximum Gasteiger partial charge on any atom is 0.191 e. The molecule has 0 aliphatic carbocycles. The number of hydrogen-bond donors (Lipinski definition) is 2. The third-order valence-electron chi connectivity index (χ3n) is 5.37. The van der Waals surface area contributed by atoms with Gasteiger partial charge in [-0.1, -0.05) is 18.2 Å². The zero-order valence-corrected chi connectivity index (χ0v) is 17.8. The number of ether oxygens (including phenoxy) is 1. The fourth-order valence-electron chi connectivity index (χ4n) is 3.80. The van der Waals surface area contributed by atoms with Crippen molar-refractivity contribution in [3.8, 4) is 0 Å². The molecule has 0 saturated carbocycles. The van der Waals surface area contributed by atoms with Gasteiger partial charge in [0.25, 0.3) is 0 Å². The highest BCUT2D eigenvalue weighted by molar-refractivity contribution is 7.85. The van der Waals surface area contributed by atoms with Crippen molar-refractivity contribution in [1.82, 2.24) is 15.5 Å². The second-order valence-electron chi connectivity index (χ2n) is 7.57. The van der Waals surface area contributed by atoms with Crippen LogP contribution < -0.4 is 10.6 Å². The lowest BCUT2D eigenvalue weighted by molar-refractivity contribution is 0.150. The number of guanidine groups is 1. The summed E-state index contributed by atoms with van der Waals surface area (Å²) in [6, 6.07) is 10.1. The lowest BCUT2D eigenvalue weighted by atomic mass is 10.0. The maximum atomic E-state index is 12.3. The van der Waals surface area contributed by atoms with Gasteiger partial charge in [0.05, 0.1) is 24.0 Å². The molecule has 2 heterocycles. The quantitative estimate of drug-likeness (QED) is 0.510. The van der Waals surface area contributed by atoms with Crippen molar-refractivity contribution >= 4 is 16.8 Å². The number of nitrogens with one attached hydrogen (secondary N) is 2. The van der Waals surface area contributed by atoms with Crippen LogP contribution in [0.15, 0.2) is 40.2 Å². The van der Waals surface area contributed by atoms with Crippen LogP contribution in [-0.4, -0.2) is 72.8 Å². The van der Waals surface area contributed by atoms with Crippen molar-refractivity contribution in [2.75, 3.05) is 51.7 Å². The Hall–Kier alpha value is -1.44. The molecule has 2 aliphatic heterocycles. The number of benzene rings is 1. The number of piperidine rings is 1. The van der Waals surface area contributed by atoms with Crippen molar-refractivity contribution in [3.63, 3.8) is 0 Å². The van der Waals surface area contributed by atoms with Gasteiger partial charge in [-0.25, -0.2) is 0 Å². The van der Waals surface area contributed by atoms with Crippen LogP contribution >= 0.6 is 0 Å². The minimum atomic E-state index is -0.997. The van der Waals surface area contributed by atoms with Crippen LogP contribution in [0.4, 0.5) is 0 Å². The van der Waals surface area contributed by atoms with Crippen molar-refractivity contribution < 1.29 is 8.95 Å². The molecule has 0 spiro atoms. The van der Waals surface area contributed by atoms with E-state index in [9.17, 15) is 4.21 Å². The summed E-state index contributed by atoms with van der Waals surface area (Å²) in [6.45, 7) is 8.75. The molecule has 2 N–H and O–H groups in total. The molecule has 2 aliphatic rings. The third-order valence-corrected chi connectivity index (χ3v) is 6.72. The summed E-state index contributed by atoms with van der Waals surface area (Å²) in [6.07, 6.45) is 3.47. The Morgan fingerprint density at radius 2 is 2.04 bits per heavy atom. The standard InChI is InChI=1S/C21H34N4O2S/c1-2-22-21(23-11-15-28(26)20-6-4-3-5-7-20)24-19-8-12-25(13-9-19)16-18-10-14-27-17-18/h3-7,18-19H,2,8-17H2,1H3,(H2,22,23,24). The summed E-state index contributed by atoms with van der Waals surface area (Å²) in [5, 5.41) is 6.90. The lowest BCUT2D eigenvalue weighted by Crippen LogP contribution is -2.49. The van der Waals surface area contributed by atoms with Gasteiger partial charge >= 0.3 is 0 Å². The number of hydrogen-bond acceptors (Lipinski definition) is 4. The van der Waals surface area contributed by atoms with E-state index in [0.717, 1.165) is 56.5 Å². The molecule has 1 aromatic rings. The smallest absolute Gasteiger partial charge is 0.191 e. The van der Waals surface area contributed by atoms with E-state index < -0.39 is 10.8 Å². The molecule has 2 fully saturated rings. The molecule has 0 aromatic heterocycles. The van der Waals surface area contributed by atoms with Gasteiger partial charge in [-0.2, -0.15) is 0 Å². The van der Waals surface area contributed by atoms with Gasteiger partial charge in [0.15, 0.2) is 5.96 Å². The highest BCUT2D eigenvalue weighted by Crippen LogP contribution is 2.17. The van der Waals surface area contributed by atoms with Crippen molar-refractivity contribution in [3.05, 3.63) is 30.3 Å². The fourth-order valence-corrected chi connectivity index (χ4v) is 4.75. The maximum absolute atomic E-state index is 12.3. The van der Waals surface area contributed by atoms with E-state index in [0.29, 0.717) is 24.3 Å². The van der Waals surface area contributed by atoms with Crippen LogP contribution in [0, 0.1) is 5.92 Å². The predicted octanol–water partition coefficient (Wildman–Crippen LogP) is 1.85. The second-order valence-corrected chi connectivity index (χ2v) is 9.14. The van der Waals surface area contributed by atoms with Crippen LogP contribution in [0.2, 0.25) is 0 Å². The molecule has 156 valence electrons. The molecular formula is C21H34N4O2S. The molecule has 0 radical (unpaired) electrons. The summed E-state index contributed by atoms with van der Waals surface area (Å²) < 4.78 is 17.8. The first-order valence-electron chi connectivity index (χ1n) is 10.5. The van der Waals surface area contributed by atoms with E-state index >= 15 is 0 Å². The zero-order valence-electron chi connectivity index (χ0n) is 16.9. The van der Waals surface area contributed by atoms with Gasteiger partial charge in [0.2, 0.25) is 0 Å².